The molecule has 0 spiro atoms. The molecule has 3 aromatic rings. The van der Waals surface area contributed by atoms with Crippen molar-refractivity contribution in [2.45, 2.75) is 26.4 Å². The number of anilines is 1. The van der Waals surface area contributed by atoms with Crippen LogP contribution in [0.3, 0.4) is 0 Å². The maximum atomic E-state index is 12.9. The van der Waals surface area contributed by atoms with E-state index < -0.39 is 5.91 Å². The van der Waals surface area contributed by atoms with Gasteiger partial charge in [-0.25, -0.2) is 19.9 Å². The second kappa shape index (κ2) is 10.9. The smallest absolute Gasteiger partial charge is 0.274 e. The summed E-state index contributed by atoms with van der Waals surface area (Å²) in [4.78, 5) is 43.4. The molecule has 1 aliphatic rings. The van der Waals surface area contributed by atoms with Crippen LogP contribution in [0.4, 0.5) is 5.69 Å². The molecule has 1 saturated heterocycles. The summed E-state index contributed by atoms with van der Waals surface area (Å²) in [5.74, 6) is 0.944. The van der Waals surface area contributed by atoms with Crippen LogP contribution >= 0.6 is 0 Å². The number of hydrogen-bond donors (Lipinski definition) is 1. The number of rotatable bonds is 9. The Labute approximate surface area is 202 Å². The van der Waals surface area contributed by atoms with E-state index in [4.69, 9.17) is 14.2 Å². The van der Waals surface area contributed by atoms with E-state index >= 15 is 0 Å². The van der Waals surface area contributed by atoms with E-state index in [1.165, 1.54) is 24.8 Å². The molecule has 0 saturated carbocycles. The summed E-state index contributed by atoms with van der Waals surface area (Å²) < 4.78 is 16.9. The van der Waals surface area contributed by atoms with Crippen LogP contribution in [0.2, 0.25) is 0 Å². The Kier molecular flexibility index (Phi) is 7.46. The Hall–Kier alpha value is -4.12. The van der Waals surface area contributed by atoms with E-state index in [1.54, 1.807) is 37.1 Å². The molecule has 1 fully saturated rings. The van der Waals surface area contributed by atoms with Crippen molar-refractivity contribution in [3.05, 3.63) is 60.1 Å². The minimum absolute atomic E-state index is 0.156. The van der Waals surface area contributed by atoms with Gasteiger partial charge in [0.2, 0.25) is 5.88 Å². The van der Waals surface area contributed by atoms with E-state index in [1.807, 2.05) is 6.92 Å². The topological polar surface area (TPSA) is 129 Å². The Bertz CT molecular complexity index is 1180. The quantitative estimate of drug-likeness (QED) is 0.493. The molecule has 0 aliphatic carbocycles. The maximum absolute atomic E-state index is 12.9. The zero-order valence-electron chi connectivity index (χ0n) is 19.7. The third-order valence-corrected chi connectivity index (χ3v) is 5.13. The zero-order chi connectivity index (χ0) is 24.8. The fraction of sp³-hybridized carbons (Fsp3) is 0.333. The zero-order valence-corrected chi connectivity index (χ0v) is 19.7. The summed E-state index contributed by atoms with van der Waals surface area (Å²) in [6, 6.07) is 4.79. The molecule has 1 aromatic carbocycles. The Morgan fingerprint density at radius 1 is 1.03 bits per heavy atom. The van der Waals surface area contributed by atoms with E-state index in [0.717, 1.165) is 19.5 Å². The molecular weight excluding hydrogens is 452 g/mol. The van der Waals surface area contributed by atoms with Gasteiger partial charge in [-0.1, -0.05) is 0 Å². The van der Waals surface area contributed by atoms with Gasteiger partial charge in [-0.15, -0.1) is 0 Å². The first-order valence-electron chi connectivity index (χ1n) is 11.1. The van der Waals surface area contributed by atoms with Gasteiger partial charge in [0.05, 0.1) is 37.1 Å². The van der Waals surface area contributed by atoms with Crippen molar-refractivity contribution in [3.8, 4) is 17.4 Å². The van der Waals surface area contributed by atoms with E-state index in [-0.39, 0.29) is 23.6 Å². The fourth-order valence-corrected chi connectivity index (χ4v) is 3.27. The molecule has 182 valence electrons. The molecule has 35 heavy (non-hydrogen) atoms. The Balaban J connectivity index is 1.54. The molecule has 0 radical (unpaired) electrons. The molecule has 11 heteroatoms. The summed E-state index contributed by atoms with van der Waals surface area (Å²) in [5.41, 5.74) is 0.999. The number of carbonyl (C=O) groups excluding carboxylic acids is 2. The number of methoxy groups -OCH3 is 1. The molecule has 4 rings (SSSR count). The maximum Gasteiger partial charge on any atom is 0.274 e. The van der Waals surface area contributed by atoms with Crippen LogP contribution < -0.4 is 14.8 Å². The summed E-state index contributed by atoms with van der Waals surface area (Å²) in [6.45, 7) is 5.43. The summed E-state index contributed by atoms with van der Waals surface area (Å²) >= 11 is 0. The Morgan fingerprint density at radius 2 is 1.77 bits per heavy atom. The number of nitrogens with zero attached hydrogens (tertiary/aromatic N) is 5. The third-order valence-electron chi connectivity index (χ3n) is 5.13. The van der Waals surface area contributed by atoms with Crippen LogP contribution in [0, 0.1) is 6.92 Å². The summed E-state index contributed by atoms with van der Waals surface area (Å²) in [6.07, 6.45) is 6.53. The molecule has 0 unspecified atom stereocenters. The van der Waals surface area contributed by atoms with Gasteiger partial charge in [0, 0.05) is 31.8 Å². The van der Waals surface area contributed by atoms with Gasteiger partial charge < -0.3 is 24.4 Å². The van der Waals surface area contributed by atoms with Crippen LogP contribution in [-0.2, 0) is 4.74 Å². The third kappa shape index (κ3) is 6.27. The average molecular weight is 479 g/mol. The highest BCUT2D eigenvalue weighted by molar-refractivity contribution is 6.04. The molecule has 1 N–H and O–H groups in total. The van der Waals surface area contributed by atoms with Gasteiger partial charge in [-0.3, -0.25) is 9.59 Å². The number of carbonyl (C=O) groups is 2. The van der Waals surface area contributed by atoms with Crippen molar-refractivity contribution in [2.24, 2.45) is 0 Å². The molecule has 1 atom stereocenters. The van der Waals surface area contributed by atoms with Crippen LogP contribution in [0.25, 0.3) is 0 Å². The average Bonchev–Trinajstić information content (AvgIpc) is 2.80. The second-order valence-electron chi connectivity index (χ2n) is 8.04. The van der Waals surface area contributed by atoms with Gasteiger partial charge in [-0.2, -0.15) is 0 Å². The van der Waals surface area contributed by atoms with Gasteiger partial charge in [0.15, 0.2) is 0 Å². The molecule has 0 bridgehead atoms. The van der Waals surface area contributed by atoms with Crippen molar-refractivity contribution in [3.63, 3.8) is 0 Å². The lowest BCUT2D eigenvalue weighted by atomic mass is 10.2. The first kappa shape index (κ1) is 24.0. The number of aromatic nitrogens is 4. The van der Waals surface area contributed by atoms with Crippen molar-refractivity contribution in [1.29, 1.82) is 0 Å². The number of likely N-dealkylation sites (tertiary alicyclic amines) is 1. The SMILES string of the molecule is COC[C@H](C)Oc1cc(Oc2cnc(C(=O)N3CCC3)cn2)cc(C(=O)Nc2cnc(C)nc2)c1. The van der Waals surface area contributed by atoms with Crippen LogP contribution in [-0.4, -0.2) is 69.6 Å². The fourth-order valence-electron chi connectivity index (χ4n) is 3.27. The van der Waals surface area contributed by atoms with Crippen LogP contribution in [0.15, 0.2) is 43.0 Å². The van der Waals surface area contributed by atoms with Crippen molar-refractivity contribution in [1.82, 2.24) is 24.8 Å². The predicted molar refractivity (Wildman–Crippen MR) is 126 cm³/mol. The van der Waals surface area contributed by atoms with E-state index in [0.29, 0.717) is 35.2 Å². The Morgan fingerprint density at radius 3 is 2.40 bits per heavy atom. The normalized spacial score (nSPS) is 13.5. The number of hydrogen-bond acceptors (Lipinski definition) is 9. The lowest BCUT2D eigenvalue weighted by molar-refractivity contribution is 0.0645. The number of ether oxygens (including phenoxy) is 3. The van der Waals surface area contributed by atoms with Crippen molar-refractivity contribution in [2.75, 3.05) is 32.1 Å². The molecule has 2 amide bonds. The van der Waals surface area contributed by atoms with E-state index in [9.17, 15) is 9.59 Å². The van der Waals surface area contributed by atoms with Gasteiger partial charge >= 0.3 is 0 Å². The number of benzene rings is 1. The van der Waals surface area contributed by atoms with Crippen molar-refractivity contribution < 1.29 is 23.8 Å². The highest BCUT2D eigenvalue weighted by Gasteiger charge is 2.23. The van der Waals surface area contributed by atoms with E-state index in [2.05, 4.69) is 25.3 Å². The van der Waals surface area contributed by atoms with Gasteiger partial charge in [-0.05, 0) is 32.4 Å². The second-order valence-corrected chi connectivity index (χ2v) is 8.04. The number of nitrogens with one attached hydrogen (secondary N) is 1. The minimum atomic E-state index is -0.395. The lowest BCUT2D eigenvalue weighted by Crippen LogP contribution is -2.42. The lowest BCUT2D eigenvalue weighted by Gasteiger charge is -2.30. The predicted octanol–water partition coefficient (Wildman–Crippen LogP) is 2.88. The van der Waals surface area contributed by atoms with Gasteiger partial charge in [0.25, 0.3) is 11.8 Å². The standard InChI is InChI=1S/C24H26N6O5/c1-15(14-33-3)34-19-7-17(23(31)29-18-10-25-16(2)26-11-18)8-20(9-19)35-22-13-27-21(12-28-22)24(32)30-5-4-6-30/h7-13,15H,4-6,14H2,1-3H3,(H,29,31)/t15-/m0/s1. The summed E-state index contributed by atoms with van der Waals surface area (Å²) in [7, 11) is 1.58. The molecular formula is C24H26N6O5. The number of aryl methyl sites for hydroxylation is 1. The molecule has 11 nitrogen and oxygen atoms in total. The molecule has 3 heterocycles. The largest absolute Gasteiger partial charge is 0.488 e. The van der Waals surface area contributed by atoms with Gasteiger partial charge in [0.1, 0.15) is 29.1 Å². The first-order valence-corrected chi connectivity index (χ1v) is 11.1. The highest BCUT2D eigenvalue weighted by atomic mass is 16.5. The molecule has 1 aliphatic heterocycles. The number of amides is 2. The van der Waals surface area contributed by atoms with Crippen LogP contribution in [0.5, 0.6) is 17.4 Å². The monoisotopic (exact) mass is 478 g/mol. The molecule has 2 aromatic heterocycles. The van der Waals surface area contributed by atoms with Crippen molar-refractivity contribution >= 4 is 17.5 Å². The summed E-state index contributed by atoms with van der Waals surface area (Å²) in [5, 5.41) is 2.75. The first-order chi connectivity index (χ1) is 16.9. The highest BCUT2D eigenvalue weighted by Crippen LogP contribution is 2.28. The minimum Gasteiger partial charge on any atom is -0.488 e. The van der Waals surface area contributed by atoms with Crippen LogP contribution in [0.1, 0.15) is 40.0 Å².